The minimum Gasteiger partial charge on any atom is -0.298 e. The predicted molar refractivity (Wildman–Crippen MR) is 108 cm³/mol. The van der Waals surface area contributed by atoms with Gasteiger partial charge in [0.15, 0.2) is 0 Å². The normalized spacial score (nSPS) is 12.5. The van der Waals surface area contributed by atoms with E-state index in [1.54, 1.807) is 50.3 Å². The Morgan fingerprint density at radius 3 is 2.48 bits per heavy atom. The van der Waals surface area contributed by atoms with Gasteiger partial charge in [-0.25, -0.2) is 13.8 Å². The summed E-state index contributed by atoms with van der Waals surface area (Å²) in [6.07, 6.45) is 8.62. The largest absolute Gasteiger partial charge is 0.298 e. The van der Waals surface area contributed by atoms with E-state index in [1.807, 2.05) is 6.92 Å². The maximum absolute atomic E-state index is 14.8. The van der Waals surface area contributed by atoms with Gasteiger partial charge in [0.1, 0.15) is 17.9 Å². The van der Waals surface area contributed by atoms with Gasteiger partial charge in [0.25, 0.3) is 0 Å². The van der Waals surface area contributed by atoms with Crippen molar-refractivity contribution in [1.29, 1.82) is 0 Å². The molecule has 0 aliphatic rings. The second kappa shape index (κ2) is 8.99. The first-order valence-electron chi connectivity index (χ1n) is 8.51. The average molecular weight is 365 g/mol. The van der Waals surface area contributed by atoms with Crippen LogP contribution in [0.4, 0.5) is 8.78 Å². The molecular formula is C23H21F2NO. The summed E-state index contributed by atoms with van der Waals surface area (Å²) >= 11 is 0. The van der Waals surface area contributed by atoms with Crippen LogP contribution in [-0.2, 0) is 0 Å². The van der Waals surface area contributed by atoms with E-state index in [1.165, 1.54) is 12.1 Å². The summed E-state index contributed by atoms with van der Waals surface area (Å²) in [5.74, 6) is -1.08. The zero-order valence-corrected chi connectivity index (χ0v) is 15.6. The Hall–Kier alpha value is -3.14. The van der Waals surface area contributed by atoms with Crippen LogP contribution in [0, 0.1) is 12.7 Å². The van der Waals surface area contributed by atoms with E-state index in [2.05, 4.69) is 11.6 Å². The number of allylic oxidation sites excluding steroid dienone is 6. The van der Waals surface area contributed by atoms with Crippen LogP contribution in [0.2, 0.25) is 0 Å². The second-order valence-corrected chi connectivity index (χ2v) is 5.89. The van der Waals surface area contributed by atoms with Gasteiger partial charge < -0.3 is 0 Å². The molecule has 0 fully saturated rings. The molecule has 27 heavy (non-hydrogen) atoms. The average Bonchev–Trinajstić information content (AvgIpc) is 2.67. The van der Waals surface area contributed by atoms with E-state index >= 15 is 0 Å². The molecule has 1 aromatic heterocycles. The van der Waals surface area contributed by atoms with Crippen LogP contribution in [0.5, 0.6) is 0 Å². The van der Waals surface area contributed by atoms with Crippen molar-refractivity contribution in [2.24, 2.45) is 0 Å². The highest BCUT2D eigenvalue weighted by atomic mass is 19.1. The molecule has 0 atom stereocenters. The summed E-state index contributed by atoms with van der Waals surface area (Å²) in [5.41, 5.74) is 3.01. The molecule has 0 unspecified atom stereocenters. The Balaban J connectivity index is 2.64. The highest BCUT2D eigenvalue weighted by molar-refractivity contribution is 5.83. The molecule has 1 aromatic carbocycles. The number of hydrogen-bond donors (Lipinski definition) is 0. The molecule has 2 rings (SSSR count). The van der Waals surface area contributed by atoms with Gasteiger partial charge in [0.2, 0.25) is 0 Å². The fraction of sp³-hybridized carbons (Fsp3) is 0.130. The number of hydrogen-bond acceptors (Lipinski definition) is 2. The van der Waals surface area contributed by atoms with Crippen molar-refractivity contribution in [1.82, 2.24) is 4.98 Å². The van der Waals surface area contributed by atoms with Crippen LogP contribution < -0.4 is 0 Å². The highest BCUT2D eigenvalue weighted by Crippen LogP contribution is 2.29. The molecule has 0 saturated heterocycles. The molecule has 0 N–H and O–H groups in total. The van der Waals surface area contributed by atoms with Crippen LogP contribution in [-0.4, -0.2) is 11.3 Å². The standard InChI is InChI=1S/C23H21F2NO/c1-5-8-18(20(24)7-3)16-10-11-19(21(25)12-16)23-13-17(14-27)15(4)22(26-23)9-6-2/h5-14H,3H2,1-2,4H3/b8-5-,9-6-,20-18-. The third-order valence-electron chi connectivity index (χ3n) is 4.13. The third-order valence-corrected chi connectivity index (χ3v) is 4.13. The fourth-order valence-electron chi connectivity index (χ4n) is 2.71. The number of aromatic nitrogens is 1. The molecule has 0 aliphatic heterocycles. The molecule has 0 saturated carbocycles. The number of carbonyl (C=O) groups is 1. The first kappa shape index (κ1) is 20.2. The van der Waals surface area contributed by atoms with Crippen LogP contribution in [0.3, 0.4) is 0 Å². The van der Waals surface area contributed by atoms with Gasteiger partial charge in [-0.3, -0.25) is 4.79 Å². The zero-order valence-electron chi connectivity index (χ0n) is 15.6. The Morgan fingerprint density at radius 1 is 1.19 bits per heavy atom. The molecule has 1 heterocycles. The quantitative estimate of drug-likeness (QED) is 0.433. The van der Waals surface area contributed by atoms with E-state index in [4.69, 9.17) is 0 Å². The van der Waals surface area contributed by atoms with Gasteiger partial charge >= 0.3 is 0 Å². The first-order chi connectivity index (χ1) is 13.0. The molecule has 0 amide bonds. The van der Waals surface area contributed by atoms with Crippen molar-refractivity contribution in [2.75, 3.05) is 0 Å². The van der Waals surface area contributed by atoms with Crippen LogP contribution in [0.25, 0.3) is 22.9 Å². The van der Waals surface area contributed by atoms with Gasteiger partial charge in [0, 0.05) is 16.7 Å². The van der Waals surface area contributed by atoms with E-state index in [0.29, 0.717) is 22.5 Å². The maximum atomic E-state index is 14.8. The Morgan fingerprint density at radius 2 is 1.93 bits per heavy atom. The van der Waals surface area contributed by atoms with E-state index in [9.17, 15) is 13.6 Å². The van der Waals surface area contributed by atoms with Crippen molar-refractivity contribution in [3.05, 3.63) is 89.2 Å². The molecule has 0 bridgehead atoms. The lowest BCUT2D eigenvalue weighted by atomic mass is 9.99. The summed E-state index contributed by atoms with van der Waals surface area (Å²) in [4.78, 5) is 15.8. The van der Waals surface area contributed by atoms with Gasteiger partial charge in [-0.05, 0) is 62.2 Å². The number of pyridine rings is 1. The van der Waals surface area contributed by atoms with Crippen molar-refractivity contribution in [3.8, 4) is 11.3 Å². The summed E-state index contributed by atoms with van der Waals surface area (Å²) in [6.45, 7) is 8.81. The minimum absolute atomic E-state index is 0.242. The van der Waals surface area contributed by atoms with Crippen LogP contribution >= 0.6 is 0 Å². The van der Waals surface area contributed by atoms with Gasteiger partial charge in [0.05, 0.1) is 11.4 Å². The number of benzene rings is 1. The smallest absolute Gasteiger partial charge is 0.150 e. The summed E-state index contributed by atoms with van der Waals surface area (Å²) in [7, 11) is 0. The monoisotopic (exact) mass is 365 g/mol. The molecular weight excluding hydrogens is 344 g/mol. The van der Waals surface area contributed by atoms with Crippen LogP contribution in [0.1, 0.15) is 41.0 Å². The summed E-state index contributed by atoms with van der Waals surface area (Å²) in [5, 5.41) is 0. The van der Waals surface area contributed by atoms with Gasteiger partial charge in [-0.2, -0.15) is 0 Å². The van der Waals surface area contributed by atoms with E-state index in [0.717, 1.165) is 17.9 Å². The highest BCUT2D eigenvalue weighted by Gasteiger charge is 2.14. The summed E-state index contributed by atoms with van der Waals surface area (Å²) < 4.78 is 28.9. The van der Waals surface area contributed by atoms with Gasteiger partial charge in [-0.1, -0.05) is 30.9 Å². The first-order valence-corrected chi connectivity index (χ1v) is 8.51. The van der Waals surface area contributed by atoms with E-state index < -0.39 is 11.6 Å². The zero-order chi connectivity index (χ0) is 20.0. The van der Waals surface area contributed by atoms with Crippen LogP contribution in [0.15, 0.2) is 61.0 Å². The topological polar surface area (TPSA) is 30.0 Å². The van der Waals surface area contributed by atoms with Crippen molar-refractivity contribution in [2.45, 2.75) is 20.8 Å². The number of nitrogens with zero attached hydrogens (tertiary/aromatic N) is 1. The Kier molecular flexibility index (Phi) is 6.72. The minimum atomic E-state index is -0.550. The number of aldehydes is 1. The number of carbonyl (C=O) groups excluding carboxylic acids is 1. The van der Waals surface area contributed by atoms with Crippen molar-refractivity contribution in [3.63, 3.8) is 0 Å². The number of halogens is 2. The molecule has 0 radical (unpaired) electrons. The lowest BCUT2D eigenvalue weighted by Gasteiger charge is -2.11. The Labute approximate surface area is 158 Å². The van der Waals surface area contributed by atoms with Crippen molar-refractivity contribution < 1.29 is 13.6 Å². The second-order valence-electron chi connectivity index (χ2n) is 5.89. The van der Waals surface area contributed by atoms with E-state index in [-0.39, 0.29) is 11.1 Å². The molecule has 0 spiro atoms. The maximum Gasteiger partial charge on any atom is 0.150 e. The SMILES string of the molecule is C=C/C(F)=C(\C=C/C)c1ccc(-c2cc(C=O)c(C)c(/C=C\C)n2)c(F)c1. The molecule has 4 heteroatoms. The molecule has 2 nitrogen and oxygen atoms in total. The number of rotatable bonds is 6. The lowest BCUT2D eigenvalue weighted by molar-refractivity contribution is 0.112. The summed E-state index contributed by atoms with van der Waals surface area (Å²) in [6, 6.07) is 5.97. The Bertz CT molecular complexity index is 969. The molecule has 0 aliphatic carbocycles. The third kappa shape index (κ3) is 4.34. The van der Waals surface area contributed by atoms with Gasteiger partial charge in [-0.15, -0.1) is 0 Å². The fourth-order valence-corrected chi connectivity index (χ4v) is 2.71. The van der Waals surface area contributed by atoms with Crippen molar-refractivity contribution >= 4 is 17.9 Å². The molecule has 138 valence electrons. The molecule has 2 aromatic rings. The lowest BCUT2D eigenvalue weighted by Crippen LogP contribution is -1.99. The predicted octanol–water partition coefficient (Wildman–Crippen LogP) is 6.48.